The van der Waals surface area contributed by atoms with Gasteiger partial charge in [0.2, 0.25) is 5.91 Å². The Balaban J connectivity index is 1.51. The van der Waals surface area contributed by atoms with Crippen LogP contribution in [0.5, 0.6) is 11.5 Å². The highest BCUT2D eigenvalue weighted by atomic mass is 16.5. The van der Waals surface area contributed by atoms with E-state index in [9.17, 15) is 4.79 Å². The van der Waals surface area contributed by atoms with Crippen LogP contribution in [0.1, 0.15) is 31.7 Å². The number of nitrogens with zero attached hydrogens (tertiary/aromatic N) is 1. The minimum absolute atomic E-state index is 0.0591. The maximum atomic E-state index is 12.5. The van der Waals surface area contributed by atoms with Crippen LogP contribution in [0.2, 0.25) is 0 Å². The van der Waals surface area contributed by atoms with Crippen LogP contribution in [0.25, 0.3) is 0 Å². The molecule has 0 aromatic heterocycles. The predicted molar refractivity (Wildman–Crippen MR) is 117 cm³/mol. The van der Waals surface area contributed by atoms with Gasteiger partial charge in [-0.15, -0.1) is 0 Å². The highest BCUT2D eigenvalue weighted by Gasteiger charge is 2.14. The van der Waals surface area contributed by atoms with Crippen molar-refractivity contribution in [3.05, 3.63) is 48.0 Å². The summed E-state index contributed by atoms with van der Waals surface area (Å²) in [5, 5.41) is 6.24. The molecule has 2 N–H and O–H groups in total. The van der Waals surface area contributed by atoms with Gasteiger partial charge in [-0.05, 0) is 68.1 Å². The van der Waals surface area contributed by atoms with Gasteiger partial charge in [-0.1, -0.05) is 6.07 Å². The number of ether oxygens (including phenoxy) is 2. The van der Waals surface area contributed by atoms with Crippen LogP contribution in [-0.4, -0.2) is 39.3 Å². The average Bonchev–Trinajstić information content (AvgIpc) is 2.78. The largest absolute Gasteiger partial charge is 0.493 e. The van der Waals surface area contributed by atoms with Crippen molar-refractivity contribution in [1.29, 1.82) is 0 Å². The van der Waals surface area contributed by atoms with E-state index in [-0.39, 0.29) is 11.9 Å². The molecule has 6 heteroatoms. The summed E-state index contributed by atoms with van der Waals surface area (Å²) in [6, 6.07) is 13.5. The van der Waals surface area contributed by atoms with Gasteiger partial charge in [0.15, 0.2) is 11.5 Å². The van der Waals surface area contributed by atoms with Crippen molar-refractivity contribution in [3.63, 3.8) is 0 Å². The van der Waals surface area contributed by atoms with E-state index in [2.05, 4.69) is 27.7 Å². The standard InChI is InChI=1S/C23H31N3O3/c1-17(24-16-18-7-12-21(28-2)22(15-18)29-3)23(27)25-19-8-10-20(11-9-19)26-13-5-4-6-14-26/h7-12,15,17,24H,4-6,13-14,16H2,1-3H3,(H,25,27). The van der Waals surface area contributed by atoms with Crippen molar-refractivity contribution in [2.45, 2.75) is 38.8 Å². The van der Waals surface area contributed by atoms with Gasteiger partial charge in [0.05, 0.1) is 20.3 Å². The van der Waals surface area contributed by atoms with Gasteiger partial charge < -0.3 is 25.0 Å². The Morgan fingerprint density at radius 3 is 2.34 bits per heavy atom. The lowest BCUT2D eigenvalue weighted by molar-refractivity contribution is -0.117. The zero-order valence-corrected chi connectivity index (χ0v) is 17.5. The van der Waals surface area contributed by atoms with E-state index in [1.165, 1.54) is 24.9 Å². The van der Waals surface area contributed by atoms with Crippen LogP contribution in [0.15, 0.2) is 42.5 Å². The lowest BCUT2D eigenvalue weighted by Gasteiger charge is -2.28. The zero-order chi connectivity index (χ0) is 20.6. The maximum absolute atomic E-state index is 12.5. The van der Waals surface area contributed by atoms with Crippen molar-refractivity contribution in [1.82, 2.24) is 5.32 Å². The van der Waals surface area contributed by atoms with E-state index in [4.69, 9.17) is 9.47 Å². The summed E-state index contributed by atoms with van der Waals surface area (Å²) in [5.74, 6) is 1.31. The van der Waals surface area contributed by atoms with E-state index in [1.54, 1.807) is 14.2 Å². The molecular weight excluding hydrogens is 366 g/mol. The third-order valence-electron chi connectivity index (χ3n) is 5.31. The third kappa shape index (κ3) is 5.64. The number of carbonyl (C=O) groups excluding carboxylic acids is 1. The van der Waals surface area contributed by atoms with Crippen molar-refractivity contribution in [3.8, 4) is 11.5 Å². The molecule has 156 valence electrons. The summed E-state index contributed by atoms with van der Waals surface area (Å²) in [4.78, 5) is 14.9. The number of anilines is 2. The van der Waals surface area contributed by atoms with Gasteiger partial charge >= 0.3 is 0 Å². The SMILES string of the molecule is COc1ccc(CNC(C)C(=O)Nc2ccc(N3CCCCC3)cc2)cc1OC. The number of hydrogen-bond donors (Lipinski definition) is 2. The number of hydrogen-bond acceptors (Lipinski definition) is 5. The molecule has 1 aliphatic rings. The minimum atomic E-state index is -0.329. The molecule has 1 heterocycles. The van der Waals surface area contributed by atoms with Gasteiger partial charge in [-0.25, -0.2) is 0 Å². The number of benzene rings is 2. The van der Waals surface area contributed by atoms with Crippen LogP contribution in [0.4, 0.5) is 11.4 Å². The molecule has 1 saturated heterocycles. The van der Waals surface area contributed by atoms with Gasteiger partial charge in [0.1, 0.15) is 0 Å². The lowest BCUT2D eigenvalue weighted by atomic mass is 10.1. The topological polar surface area (TPSA) is 62.8 Å². The molecule has 1 atom stereocenters. The first-order valence-electron chi connectivity index (χ1n) is 10.2. The van der Waals surface area contributed by atoms with Crippen LogP contribution in [0, 0.1) is 0 Å². The van der Waals surface area contributed by atoms with Crippen LogP contribution < -0.4 is 25.0 Å². The van der Waals surface area contributed by atoms with Crippen LogP contribution in [-0.2, 0) is 11.3 Å². The fraction of sp³-hybridized carbons (Fsp3) is 0.435. The molecule has 6 nitrogen and oxygen atoms in total. The average molecular weight is 398 g/mol. The minimum Gasteiger partial charge on any atom is -0.493 e. The highest BCUT2D eigenvalue weighted by Crippen LogP contribution is 2.27. The normalized spacial score (nSPS) is 14.9. The highest BCUT2D eigenvalue weighted by molar-refractivity contribution is 5.94. The molecule has 29 heavy (non-hydrogen) atoms. The van der Waals surface area contributed by atoms with Gasteiger partial charge in [-0.2, -0.15) is 0 Å². The lowest BCUT2D eigenvalue weighted by Crippen LogP contribution is -2.37. The third-order valence-corrected chi connectivity index (χ3v) is 5.31. The number of methoxy groups -OCH3 is 2. The second kappa shape index (κ2) is 10.2. The van der Waals surface area contributed by atoms with Crippen molar-refractivity contribution >= 4 is 17.3 Å². The van der Waals surface area contributed by atoms with Crippen molar-refractivity contribution in [2.24, 2.45) is 0 Å². The van der Waals surface area contributed by atoms with Gasteiger partial charge in [0.25, 0.3) is 0 Å². The Bertz CT molecular complexity index is 802. The van der Waals surface area contributed by atoms with E-state index >= 15 is 0 Å². The molecule has 1 fully saturated rings. The summed E-state index contributed by atoms with van der Waals surface area (Å²) in [6.45, 7) is 4.65. The van der Waals surface area contributed by atoms with Crippen molar-refractivity contribution < 1.29 is 14.3 Å². The number of piperidine rings is 1. The first-order valence-corrected chi connectivity index (χ1v) is 10.2. The molecule has 1 unspecified atom stereocenters. The summed E-state index contributed by atoms with van der Waals surface area (Å²) in [6.07, 6.45) is 3.82. The molecule has 0 bridgehead atoms. The molecule has 0 aliphatic carbocycles. The van der Waals surface area contributed by atoms with Crippen molar-refractivity contribution in [2.75, 3.05) is 37.5 Å². The van der Waals surface area contributed by atoms with E-state index in [0.29, 0.717) is 18.0 Å². The summed E-state index contributed by atoms with van der Waals surface area (Å²) in [5.41, 5.74) is 3.06. The Kier molecular flexibility index (Phi) is 7.36. The smallest absolute Gasteiger partial charge is 0.241 e. The Labute approximate surface area is 173 Å². The van der Waals surface area contributed by atoms with E-state index in [0.717, 1.165) is 24.3 Å². The summed E-state index contributed by atoms with van der Waals surface area (Å²) in [7, 11) is 3.23. The quantitative estimate of drug-likeness (QED) is 0.709. The van der Waals surface area contributed by atoms with E-state index in [1.807, 2.05) is 37.3 Å². The fourth-order valence-corrected chi connectivity index (χ4v) is 3.51. The molecule has 2 aromatic rings. The number of rotatable bonds is 8. The number of nitrogens with one attached hydrogen (secondary N) is 2. The Hall–Kier alpha value is -2.73. The first-order chi connectivity index (χ1) is 14.1. The second-order valence-electron chi connectivity index (χ2n) is 7.38. The Morgan fingerprint density at radius 1 is 1.00 bits per heavy atom. The van der Waals surface area contributed by atoms with Gasteiger partial charge in [-0.3, -0.25) is 4.79 Å². The second-order valence-corrected chi connectivity index (χ2v) is 7.38. The first kappa shape index (κ1) is 21.0. The zero-order valence-electron chi connectivity index (χ0n) is 17.5. The number of amides is 1. The molecule has 2 aromatic carbocycles. The molecular formula is C23H31N3O3. The number of carbonyl (C=O) groups is 1. The van der Waals surface area contributed by atoms with Gasteiger partial charge in [0, 0.05) is 31.0 Å². The summed E-state index contributed by atoms with van der Waals surface area (Å²) < 4.78 is 10.6. The van der Waals surface area contributed by atoms with Crippen LogP contribution in [0.3, 0.4) is 0 Å². The molecule has 1 aliphatic heterocycles. The Morgan fingerprint density at radius 2 is 1.69 bits per heavy atom. The summed E-state index contributed by atoms with van der Waals surface area (Å²) >= 11 is 0. The molecule has 0 radical (unpaired) electrons. The fourth-order valence-electron chi connectivity index (χ4n) is 3.51. The monoisotopic (exact) mass is 397 g/mol. The van der Waals surface area contributed by atoms with Crippen LogP contribution >= 0.6 is 0 Å². The molecule has 3 rings (SSSR count). The predicted octanol–water partition coefficient (Wildman–Crippen LogP) is 3.81. The van der Waals surface area contributed by atoms with E-state index < -0.39 is 0 Å². The molecule has 1 amide bonds. The molecule has 0 spiro atoms. The maximum Gasteiger partial charge on any atom is 0.241 e. The molecule has 0 saturated carbocycles.